The Kier molecular flexibility index (Phi) is 4.91. The van der Waals surface area contributed by atoms with Gasteiger partial charge < -0.3 is 14.2 Å². The van der Waals surface area contributed by atoms with Gasteiger partial charge in [0.25, 0.3) is 5.91 Å². The summed E-state index contributed by atoms with van der Waals surface area (Å²) in [6.07, 6.45) is 3.44. The summed E-state index contributed by atoms with van der Waals surface area (Å²) in [5.74, 6) is 0.609. The number of halogens is 1. The Morgan fingerprint density at radius 3 is 2.69 bits per heavy atom. The zero-order valence-electron chi connectivity index (χ0n) is 18.1. The van der Waals surface area contributed by atoms with Crippen LogP contribution in [0.3, 0.4) is 0 Å². The molecule has 1 aliphatic heterocycles. The molecule has 1 aliphatic carbocycles. The van der Waals surface area contributed by atoms with E-state index in [1.54, 1.807) is 30.5 Å². The number of benzene rings is 2. The van der Waals surface area contributed by atoms with Gasteiger partial charge in [0.1, 0.15) is 12.2 Å². The Hall–Kier alpha value is -3.03. The highest BCUT2D eigenvalue weighted by atomic mass is 35.5. The lowest BCUT2D eigenvalue weighted by Crippen LogP contribution is -2.48. The lowest BCUT2D eigenvalue weighted by Gasteiger charge is -2.46. The first-order chi connectivity index (χ1) is 15.3. The van der Waals surface area contributed by atoms with Gasteiger partial charge in [-0.1, -0.05) is 23.7 Å². The number of hydrogen-bond donors (Lipinski definition) is 0. The summed E-state index contributed by atoms with van der Waals surface area (Å²) in [5.41, 5.74) is 3.21. The van der Waals surface area contributed by atoms with Crippen molar-refractivity contribution < 1.29 is 14.3 Å². The van der Waals surface area contributed by atoms with Crippen molar-refractivity contribution in [3.8, 4) is 0 Å². The van der Waals surface area contributed by atoms with Crippen LogP contribution < -0.4 is 4.90 Å². The molecule has 3 aromatic rings. The van der Waals surface area contributed by atoms with Crippen LogP contribution in [-0.2, 0) is 23.7 Å². The molecule has 2 aromatic carbocycles. The van der Waals surface area contributed by atoms with Crippen molar-refractivity contribution in [2.24, 2.45) is 7.05 Å². The minimum absolute atomic E-state index is 0.119. The molecule has 0 spiro atoms. The van der Waals surface area contributed by atoms with E-state index in [9.17, 15) is 9.59 Å². The first-order valence-corrected chi connectivity index (χ1v) is 10.8. The molecule has 0 N–H and O–H groups in total. The fraction of sp³-hybridized carbons (Fsp3) is 0.333. The molecule has 0 bridgehead atoms. The quantitative estimate of drug-likeness (QED) is 0.550. The minimum Gasteiger partial charge on any atom is -0.381 e. The van der Waals surface area contributed by atoms with Crippen LogP contribution in [0.4, 0.5) is 5.69 Å². The first kappa shape index (κ1) is 20.8. The summed E-state index contributed by atoms with van der Waals surface area (Å²) in [5, 5.41) is 8.92. The van der Waals surface area contributed by atoms with Gasteiger partial charge in [-0.15, -0.1) is 10.2 Å². The van der Waals surface area contributed by atoms with Crippen molar-refractivity contribution in [3.05, 3.63) is 75.8 Å². The highest BCUT2D eigenvalue weighted by molar-refractivity contribution is 6.33. The molecule has 32 heavy (non-hydrogen) atoms. The van der Waals surface area contributed by atoms with E-state index in [-0.39, 0.29) is 23.2 Å². The maximum atomic E-state index is 13.3. The molecule has 1 amide bonds. The standard InChI is InChI=1S/C24H23ClN4O3/c1-14(30)15-7-19-20(21(25)8-15)12-29(22(19)31)17-6-4-5-16(9-17)24(10-18(11-24)32-3)23-27-26-13-28(23)2/h4-9,13,18H,10-12H2,1-3H3. The van der Waals surface area contributed by atoms with E-state index < -0.39 is 0 Å². The largest absolute Gasteiger partial charge is 0.381 e. The van der Waals surface area contributed by atoms with Gasteiger partial charge in [-0.25, -0.2) is 0 Å². The van der Waals surface area contributed by atoms with Crippen LogP contribution in [0.1, 0.15) is 57.4 Å². The average Bonchev–Trinajstić information content (AvgIpc) is 3.32. The van der Waals surface area contributed by atoms with E-state index in [0.29, 0.717) is 22.7 Å². The van der Waals surface area contributed by atoms with Crippen LogP contribution in [0.25, 0.3) is 0 Å². The van der Waals surface area contributed by atoms with Crippen LogP contribution in [-0.4, -0.2) is 39.7 Å². The number of nitrogens with zero attached hydrogens (tertiary/aromatic N) is 4. The van der Waals surface area contributed by atoms with Crippen molar-refractivity contribution in [1.29, 1.82) is 0 Å². The zero-order chi connectivity index (χ0) is 22.6. The smallest absolute Gasteiger partial charge is 0.259 e. The second kappa shape index (κ2) is 7.53. The molecule has 7 nitrogen and oxygen atoms in total. The monoisotopic (exact) mass is 450 g/mol. The Morgan fingerprint density at radius 2 is 2.03 bits per heavy atom. The third-order valence-electron chi connectivity index (χ3n) is 6.73. The van der Waals surface area contributed by atoms with E-state index >= 15 is 0 Å². The number of anilines is 1. The molecule has 1 fully saturated rings. The summed E-state index contributed by atoms with van der Waals surface area (Å²) in [6, 6.07) is 11.3. The van der Waals surface area contributed by atoms with E-state index in [1.165, 1.54) is 6.92 Å². The summed E-state index contributed by atoms with van der Waals surface area (Å²) >= 11 is 6.43. The fourth-order valence-corrected chi connectivity index (χ4v) is 5.17. The Labute approximate surface area is 191 Å². The normalized spacial score (nSPS) is 22.1. The van der Waals surface area contributed by atoms with Crippen LogP contribution in [0.15, 0.2) is 42.7 Å². The van der Waals surface area contributed by atoms with Gasteiger partial charge in [0.15, 0.2) is 5.78 Å². The van der Waals surface area contributed by atoms with Gasteiger partial charge in [0.05, 0.1) is 18.1 Å². The average molecular weight is 451 g/mol. The molecule has 0 unspecified atom stereocenters. The number of ketones is 1. The number of aromatic nitrogens is 3. The number of amides is 1. The highest BCUT2D eigenvalue weighted by Crippen LogP contribution is 2.50. The number of ether oxygens (including phenoxy) is 1. The summed E-state index contributed by atoms with van der Waals surface area (Å²) < 4.78 is 7.51. The second-order valence-corrected chi connectivity index (χ2v) is 9.00. The fourth-order valence-electron chi connectivity index (χ4n) is 4.89. The molecule has 1 aromatic heterocycles. The van der Waals surface area contributed by atoms with Crippen molar-refractivity contribution in [2.75, 3.05) is 12.0 Å². The molecular formula is C24H23ClN4O3. The van der Waals surface area contributed by atoms with Crippen molar-refractivity contribution in [1.82, 2.24) is 14.8 Å². The molecule has 2 heterocycles. The first-order valence-electron chi connectivity index (χ1n) is 10.5. The lowest BCUT2D eigenvalue weighted by molar-refractivity contribution is -0.00696. The maximum Gasteiger partial charge on any atom is 0.259 e. The van der Waals surface area contributed by atoms with Crippen LogP contribution >= 0.6 is 11.6 Å². The molecule has 5 rings (SSSR count). The van der Waals surface area contributed by atoms with E-state index in [0.717, 1.165) is 35.5 Å². The van der Waals surface area contributed by atoms with Crippen molar-refractivity contribution >= 4 is 29.0 Å². The van der Waals surface area contributed by atoms with Gasteiger partial charge in [0.2, 0.25) is 0 Å². The maximum absolute atomic E-state index is 13.3. The molecule has 0 atom stereocenters. The predicted octanol–water partition coefficient (Wildman–Crippen LogP) is 3.93. The number of hydrogen-bond acceptors (Lipinski definition) is 5. The topological polar surface area (TPSA) is 77.3 Å². The number of methoxy groups -OCH3 is 1. The SMILES string of the molecule is COC1CC(c2cccc(N3Cc4c(Cl)cc(C(C)=O)cc4C3=O)c2)(c2nncn2C)C1. The third kappa shape index (κ3) is 3.07. The number of Topliss-reactive ketones (excluding diaryl/α,β-unsaturated/α-hetero) is 1. The number of fused-ring (bicyclic) bond motifs is 1. The number of aryl methyl sites for hydroxylation is 1. The van der Waals surface area contributed by atoms with Gasteiger partial charge in [-0.05, 0) is 49.6 Å². The molecule has 164 valence electrons. The van der Waals surface area contributed by atoms with Gasteiger partial charge in [-0.2, -0.15) is 0 Å². The van der Waals surface area contributed by atoms with Crippen LogP contribution in [0.5, 0.6) is 0 Å². The van der Waals surface area contributed by atoms with E-state index in [4.69, 9.17) is 16.3 Å². The summed E-state index contributed by atoms with van der Waals surface area (Å²) in [6.45, 7) is 1.84. The molecule has 0 radical (unpaired) electrons. The number of carbonyl (C=O) groups excluding carboxylic acids is 2. The van der Waals surface area contributed by atoms with E-state index in [1.807, 2.05) is 29.8 Å². The predicted molar refractivity (Wildman–Crippen MR) is 120 cm³/mol. The van der Waals surface area contributed by atoms with Crippen LogP contribution in [0.2, 0.25) is 5.02 Å². The Balaban J connectivity index is 1.53. The highest BCUT2D eigenvalue weighted by Gasteiger charge is 2.50. The third-order valence-corrected chi connectivity index (χ3v) is 7.07. The number of carbonyl (C=O) groups is 2. The Bertz CT molecular complexity index is 1250. The van der Waals surface area contributed by atoms with Gasteiger partial charge >= 0.3 is 0 Å². The zero-order valence-corrected chi connectivity index (χ0v) is 18.9. The molecule has 0 saturated heterocycles. The van der Waals surface area contributed by atoms with Crippen LogP contribution in [0, 0.1) is 0 Å². The van der Waals surface area contributed by atoms with Crippen molar-refractivity contribution in [3.63, 3.8) is 0 Å². The number of rotatable bonds is 5. The minimum atomic E-state index is -0.322. The summed E-state index contributed by atoms with van der Waals surface area (Å²) in [4.78, 5) is 26.8. The van der Waals surface area contributed by atoms with Crippen molar-refractivity contribution in [2.45, 2.75) is 37.8 Å². The lowest BCUT2D eigenvalue weighted by atomic mass is 9.62. The Morgan fingerprint density at radius 1 is 1.25 bits per heavy atom. The van der Waals surface area contributed by atoms with Gasteiger partial charge in [-0.3, -0.25) is 9.59 Å². The molecule has 8 heteroatoms. The van der Waals surface area contributed by atoms with Gasteiger partial charge in [0, 0.05) is 41.6 Å². The molecule has 1 saturated carbocycles. The summed E-state index contributed by atoms with van der Waals surface area (Å²) in [7, 11) is 3.66. The van der Waals surface area contributed by atoms with E-state index in [2.05, 4.69) is 16.3 Å². The molecular weight excluding hydrogens is 428 g/mol. The second-order valence-electron chi connectivity index (χ2n) is 8.60. The molecule has 2 aliphatic rings.